The molecule has 0 unspecified atom stereocenters. The van der Waals surface area contributed by atoms with Gasteiger partial charge in [0.2, 0.25) is 0 Å². The Morgan fingerprint density at radius 3 is 2.52 bits per heavy atom. The standard InChI is InChI=1S/C20H23BrClN3O2/c1-27-17-6-7-19(21)18(14-17)20(26)23-8-9-24-10-12-25(13-11-24)16-4-2-15(22)3-5-16/h2-7,14H,8-13H2,1H3,(H,23,26). The van der Waals surface area contributed by atoms with Gasteiger partial charge in [0.1, 0.15) is 5.75 Å². The van der Waals surface area contributed by atoms with Crippen molar-refractivity contribution in [2.45, 2.75) is 0 Å². The second-order valence-corrected chi connectivity index (χ2v) is 7.70. The number of hydrogen-bond donors (Lipinski definition) is 1. The van der Waals surface area contributed by atoms with Gasteiger partial charge in [0, 0.05) is 54.5 Å². The number of anilines is 1. The van der Waals surface area contributed by atoms with Crippen LogP contribution in [-0.2, 0) is 0 Å². The van der Waals surface area contributed by atoms with Crippen molar-refractivity contribution in [2.75, 3.05) is 51.3 Å². The maximum atomic E-state index is 12.4. The first-order chi connectivity index (χ1) is 13.1. The van der Waals surface area contributed by atoms with E-state index >= 15 is 0 Å². The molecule has 0 aromatic heterocycles. The topological polar surface area (TPSA) is 44.8 Å². The van der Waals surface area contributed by atoms with E-state index in [2.05, 4.69) is 43.2 Å². The number of piperazine rings is 1. The first kappa shape index (κ1) is 20.0. The van der Waals surface area contributed by atoms with E-state index in [1.165, 1.54) is 5.69 Å². The van der Waals surface area contributed by atoms with E-state index in [0.717, 1.165) is 42.2 Å². The van der Waals surface area contributed by atoms with Crippen molar-refractivity contribution < 1.29 is 9.53 Å². The van der Waals surface area contributed by atoms with Crippen LogP contribution >= 0.6 is 27.5 Å². The lowest BCUT2D eigenvalue weighted by molar-refractivity contribution is 0.0946. The number of benzene rings is 2. The van der Waals surface area contributed by atoms with E-state index in [1.807, 2.05) is 24.3 Å². The number of nitrogens with one attached hydrogen (secondary N) is 1. The Bertz CT molecular complexity index is 777. The molecule has 1 saturated heterocycles. The number of methoxy groups -OCH3 is 1. The summed E-state index contributed by atoms with van der Waals surface area (Å²) in [6.07, 6.45) is 0. The normalized spacial score (nSPS) is 14.9. The molecule has 1 heterocycles. The molecule has 5 nitrogen and oxygen atoms in total. The molecule has 1 N–H and O–H groups in total. The van der Waals surface area contributed by atoms with Crippen molar-refractivity contribution in [3.63, 3.8) is 0 Å². The molecular weight excluding hydrogens is 430 g/mol. The Morgan fingerprint density at radius 1 is 1.15 bits per heavy atom. The molecule has 0 radical (unpaired) electrons. The maximum absolute atomic E-state index is 12.4. The Kier molecular flexibility index (Phi) is 6.99. The molecule has 27 heavy (non-hydrogen) atoms. The van der Waals surface area contributed by atoms with Crippen LogP contribution in [0, 0.1) is 0 Å². The fraction of sp³-hybridized carbons (Fsp3) is 0.350. The first-order valence-electron chi connectivity index (χ1n) is 8.91. The lowest BCUT2D eigenvalue weighted by Gasteiger charge is -2.36. The van der Waals surface area contributed by atoms with Gasteiger partial charge in [0.25, 0.3) is 5.91 Å². The lowest BCUT2D eigenvalue weighted by Crippen LogP contribution is -2.48. The fourth-order valence-corrected chi connectivity index (χ4v) is 3.66. The summed E-state index contributed by atoms with van der Waals surface area (Å²) in [5, 5.41) is 3.75. The van der Waals surface area contributed by atoms with E-state index < -0.39 is 0 Å². The van der Waals surface area contributed by atoms with Crippen LogP contribution in [0.3, 0.4) is 0 Å². The van der Waals surface area contributed by atoms with Crippen LogP contribution in [-0.4, -0.2) is 57.2 Å². The van der Waals surface area contributed by atoms with Crippen LogP contribution < -0.4 is 15.0 Å². The predicted molar refractivity (Wildman–Crippen MR) is 113 cm³/mol. The van der Waals surface area contributed by atoms with Gasteiger partial charge in [0.05, 0.1) is 12.7 Å². The lowest BCUT2D eigenvalue weighted by atomic mass is 10.2. The molecule has 7 heteroatoms. The Morgan fingerprint density at radius 2 is 1.85 bits per heavy atom. The van der Waals surface area contributed by atoms with Crippen LogP contribution in [0.25, 0.3) is 0 Å². The number of carbonyl (C=O) groups is 1. The molecule has 0 aliphatic carbocycles. The van der Waals surface area contributed by atoms with Crippen molar-refractivity contribution in [2.24, 2.45) is 0 Å². The number of carbonyl (C=O) groups excluding carboxylic acids is 1. The van der Waals surface area contributed by atoms with Gasteiger partial charge in [-0.15, -0.1) is 0 Å². The molecule has 2 aromatic carbocycles. The van der Waals surface area contributed by atoms with E-state index in [-0.39, 0.29) is 5.91 Å². The Labute approximate surface area is 173 Å². The number of hydrogen-bond acceptors (Lipinski definition) is 4. The van der Waals surface area contributed by atoms with Gasteiger partial charge in [-0.3, -0.25) is 9.69 Å². The van der Waals surface area contributed by atoms with E-state index in [9.17, 15) is 4.79 Å². The van der Waals surface area contributed by atoms with Gasteiger partial charge in [-0.1, -0.05) is 11.6 Å². The fourth-order valence-electron chi connectivity index (χ4n) is 3.11. The van der Waals surface area contributed by atoms with Crippen LogP contribution in [0.2, 0.25) is 5.02 Å². The number of halogens is 2. The third-order valence-electron chi connectivity index (χ3n) is 4.70. The highest BCUT2D eigenvalue weighted by atomic mass is 79.9. The largest absolute Gasteiger partial charge is 0.497 e. The molecule has 1 aliphatic rings. The highest BCUT2D eigenvalue weighted by Crippen LogP contribution is 2.22. The number of amides is 1. The van der Waals surface area contributed by atoms with Crippen molar-refractivity contribution >= 4 is 39.1 Å². The average molecular weight is 453 g/mol. The highest BCUT2D eigenvalue weighted by Gasteiger charge is 2.17. The van der Waals surface area contributed by atoms with Crippen molar-refractivity contribution in [1.29, 1.82) is 0 Å². The molecule has 3 rings (SSSR count). The molecule has 0 saturated carbocycles. The summed E-state index contributed by atoms with van der Waals surface area (Å²) in [6, 6.07) is 13.4. The minimum atomic E-state index is -0.0967. The van der Waals surface area contributed by atoms with Gasteiger partial charge in [-0.05, 0) is 58.4 Å². The van der Waals surface area contributed by atoms with Gasteiger partial charge in [-0.2, -0.15) is 0 Å². The van der Waals surface area contributed by atoms with Crippen molar-refractivity contribution in [3.8, 4) is 5.75 Å². The number of nitrogens with zero attached hydrogens (tertiary/aromatic N) is 2. The van der Waals surface area contributed by atoms with Crippen molar-refractivity contribution in [1.82, 2.24) is 10.2 Å². The van der Waals surface area contributed by atoms with E-state index in [4.69, 9.17) is 16.3 Å². The number of ether oxygens (including phenoxy) is 1. The van der Waals surface area contributed by atoms with Gasteiger partial charge >= 0.3 is 0 Å². The Hall–Kier alpha value is -1.76. The summed E-state index contributed by atoms with van der Waals surface area (Å²) in [7, 11) is 1.59. The molecule has 0 bridgehead atoms. The molecule has 144 valence electrons. The zero-order chi connectivity index (χ0) is 19.2. The SMILES string of the molecule is COc1ccc(Br)c(C(=O)NCCN2CCN(c3ccc(Cl)cc3)CC2)c1. The summed E-state index contributed by atoms with van der Waals surface area (Å²) in [4.78, 5) is 17.1. The van der Waals surface area contributed by atoms with Gasteiger partial charge in [-0.25, -0.2) is 0 Å². The molecular formula is C20H23BrClN3O2. The quantitative estimate of drug-likeness (QED) is 0.726. The monoisotopic (exact) mass is 451 g/mol. The van der Waals surface area contributed by atoms with Crippen LogP contribution in [0.5, 0.6) is 5.75 Å². The van der Waals surface area contributed by atoms with Crippen molar-refractivity contribution in [3.05, 3.63) is 57.5 Å². The van der Waals surface area contributed by atoms with Gasteiger partial charge in [0.15, 0.2) is 0 Å². The predicted octanol–water partition coefficient (Wildman–Crippen LogP) is 3.66. The third-order valence-corrected chi connectivity index (χ3v) is 5.64. The third kappa shape index (κ3) is 5.37. The zero-order valence-corrected chi connectivity index (χ0v) is 17.6. The molecule has 2 aromatic rings. The summed E-state index contributed by atoms with van der Waals surface area (Å²) in [5.41, 5.74) is 1.79. The Balaban J connectivity index is 1.44. The van der Waals surface area contributed by atoms with Crippen LogP contribution in [0.15, 0.2) is 46.9 Å². The zero-order valence-electron chi connectivity index (χ0n) is 15.3. The second-order valence-electron chi connectivity index (χ2n) is 6.41. The summed E-state index contributed by atoms with van der Waals surface area (Å²) >= 11 is 9.38. The van der Waals surface area contributed by atoms with E-state index in [0.29, 0.717) is 17.9 Å². The molecule has 1 fully saturated rings. The first-order valence-corrected chi connectivity index (χ1v) is 10.1. The highest BCUT2D eigenvalue weighted by molar-refractivity contribution is 9.10. The molecule has 1 amide bonds. The van der Waals surface area contributed by atoms with Crippen LogP contribution in [0.4, 0.5) is 5.69 Å². The number of rotatable bonds is 6. The summed E-state index contributed by atoms with van der Waals surface area (Å²) in [5.74, 6) is 0.572. The minimum Gasteiger partial charge on any atom is -0.497 e. The van der Waals surface area contributed by atoms with Crippen LogP contribution in [0.1, 0.15) is 10.4 Å². The second kappa shape index (κ2) is 9.44. The average Bonchev–Trinajstić information content (AvgIpc) is 2.69. The van der Waals surface area contributed by atoms with Gasteiger partial charge < -0.3 is 15.0 Å². The van der Waals surface area contributed by atoms with E-state index in [1.54, 1.807) is 13.2 Å². The maximum Gasteiger partial charge on any atom is 0.252 e. The molecule has 1 aliphatic heterocycles. The minimum absolute atomic E-state index is 0.0967. The summed E-state index contributed by atoms with van der Waals surface area (Å²) < 4.78 is 5.95. The molecule has 0 atom stereocenters. The smallest absolute Gasteiger partial charge is 0.252 e. The molecule has 0 spiro atoms. The summed E-state index contributed by atoms with van der Waals surface area (Å²) in [6.45, 7) is 5.34.